The number of carbonyl (C=O) groups is 1. The molecule has 1 amide bonds. The minimum absolute atomic E-state index is 0.0270. The van der Waals surface area contributed by atoms with Gasteiger partial charge in [-0.05, 0) is 38.3 Å². The van der Waals surface area contributed by atoms with Crippen LogP contribution in [-0.4, -0.2) is 49.5 Å². The highest BCUT2D eigenvalue weighted by Gasteiger charge is 2.18. The summed E-state index contributed by atoms with van der Waals surface area (Å²) >= 11 is 0. The van der Waals surface area contributed by atoms with Crippen LogP contribution in [0, 0.1) is 5.92 Å². The van der Waals surface area contributed by atoms with Crippen molar-refractivity contribution in [2.75, 3.05) is 26.3 Å². The first-order valence-electron chi connectivity index (χ1n) is 6.86. The Bertz CT molecular complexity index is 240. The molecular weight excluding hydrogens is 232 g/mol. The Kier molecular flexibility index (Phi) is 7.23. The van der Waals surface area contributed by atoms with Gasteiger partial charge in [-0.3, -0.25) is 4.79 Å². The maximum absolute atomic E-state index is 11.7. The van der Waals surface area contributed by atoms with Crippen molar-refractivity contribution in [2.24, 2.45) is 5.92 Å². The zero-order valence-electron chi connectivity index (χ0n) is 11.4. The first-order valence-corrected chi connectivity index (χ1v) is 6.86. The quantitative estimate of drug-likeness (QED) is 0.613. The molecule has 1 rings (SSSR count). The van der Waals surface area contributed by atoms with Crippen LogP contribution in [0.5, 0.6) is 0 Å². The summed E-state index contributed by atoms with van der Waals surface area (Å²) in [4.78, 5) is 11.7. The number of ether oxygens (including phenoxy) is 1. The van der Waals surface area contributed by atoms with Crippen molar-refractivity contribution in [3.8, 4) is 0 Å². The van der Waals surface area contributed by atoms with Gasteiger partial charge >= 0.3 is 0 Å². The molecule has 0 spiro atoms. The summed E-state index contributed by atoms with van der Waals surface area (Å²) in [5.41, 5.74) is 0. The lowest BCUT2D eigenvalue weighted by molar-refractivity contribution is -0.129. The summed E-state index contributed by atoms with van der Waals surface area (Å²) in [6.45, 7) is 6.22. The number of rotatable bonds is 7. The molecular formula is C13H26N2O3. The smallest absolute Gasteiger partial charge is 0.246 e. The Hall–Kier alpha value is -0.650. The molecule has 0 saturated carbocycles. The highest BCUT2D eigenvalue weighted by molar-refractivity contribution is 5.77. The second-order valence-corrected chi connectivity index (χ2v) is 5.19. The molecule has 5 heteroatoms. The van der Waals surface area contributed by atoms with Crippen LogP contribution in [0.3, 0.4) is 0 Å². The average Bonchev–Trinajstić information content (AvgIpc) is 2.37. The molecule has 0 aliphatic carbocycles. The third-order valence-electron chi connectivity index (χ3n) is 3.33. The van der Waals surface area contributed by atoms with E-state index in [1.165, 1.54) is 0 Å². The maximum Gasteiger partial charge on any atom is 0.246 e. The summed E-state index contributed by atoms with van der Waals surface area (Å²) < 4.78 is 5.59. The number of hydrogen-bond acceptors (Lipinski definition) is 4. The zero-order valence-corrected chi connectivity index (χ0v) is 11.4. The van der Waals surface area contributed by atoms with Gasteiger partial charge < -0.3 is 20.5 Å². The predicted molar refractivity (Wildman–Crippen MR) is 70.3 cm³/mol. The summed E-state index contributed by atoms with van der Waals surface area (Å²) in [6, 6.07) is 0.0270. The van der Waals surface area contributed by atoms with Crippen LogP contribution in [0.15, 0.2) is 0 Å². The van der Waals surface area contributed by atoms with E-state index in [1.807, 2.05) is 13.8 Å². The molecule has 1 aliphatic heterocycles. The van der Waals surface area contributed by atoms with Crippen LogP contribution in [0.25, 0.3) is 0 Å². The molecule has 0 aromatic carbocycles. The second kappa shape index (κ2) is 8.45. The number of hydrogen-bond donors (Lipinski definition) is 3. The molecule has 3 N–H and O–H groups in total. The number of carbonyl (C=O) groups excluding carboxylic acids is 1. The summed E-state index contributed by atoms with van der Waals surface area (Å²) in [7, 11) is 0. The van der Waals surface area contributed by atoms with Gasteiger partial charge in [-0.1, -0.05) is 13.8 Å². The van der Waals surface area contributed by atoms with Gasteiger partial charge in [-0.25, -0.2) is 0 Å². The highest BCUT2D eigenvalue weighted by Crippen LogP contribution is 2.08. The molecule has 18 heavy (non-hydrogen) atoms. The van der Waals surface area contributed by atoms with Crippen molar-refractivity contribution in [3.05, 3.63) is 0 Å². The molecule has 1 saturated heterocycles. The Morgan fingerprint density at radius 1 is 1.44 bits per heavy atom. The molecule has 1 aliphatic rings. The minimum Gasteiger partial charge on any atom is -0.396 e. The van der Waals surface area contributed by atoms with Crippen LogP contribution in [0.4, 0.5) is 0 Å². The van der Waals surface area contributed by atoms with E-state index in [0.717, 1.165) is 25.9 Å². The van der Waals surface area contributed by atoms with Crippen molar-refractivity contribution < 1.29 is 14.6 Å². The fourth-order valence-electron chi connectivity index (χ4n) is 2.12. The summed E-state index contributed by atoms with van der Waals surface area (Å²) in [5.74, 6) is 0.237. The molecule has 0 radical (unpaired) electrons. The van der Waals surface area contributed by atoms with E-state index in [2.05, 4.69) is 10.6 Å². The number of piperidine rings is 1. The van der Waals surface area contributed by atoms with Gasteiger partial charge in [0.2, 0.25) is 5.91 Å². The topological polar surface area (TPSA) is 70.6 Å². The first kappa shape index (κ1) is 15.4. The van der Waals surface area contributed by atoms with E-state index < -0.39 is 0 Å². The van der Waals surface area contributed by atoms with Crippen molar-refractivity contribution in [2.45, 2.75) is 45.3 Å². The molecule has 1 unspecified atom stereocenters. The number of nitrogens with one attached hydrogen (secondary N) is 2. The van der Waals surface area contributed by atoms with E-state index in [-0.39, 0.29) is 31.3 Å². The summed E-state index contributed by atoms with van der Waals surface area (Å²) in [5, 5.41) is 15.1. The van der Waals surface area contributed by atoms with Crippen LogP contribution in [-0.2, 0) is 9.53 Å². The molecule has 106 valence electrons. The molecule has 1 atom stereocenters. The van der Waals surface area contributed by atoms with Crippen LogP contribution < -0.4 is 10.6 Å². The van der Waals surface area contributed by atoms with Crippen molar-refractivity contribution in [3.63, 3.8) is 0 Å². The van der Waals surface area contributed by atoms with Gasteiger partial charge in [0.1, 0.15) is 6.61 Å². The van der Waals surface area contributed by atoms with Gasteiger partial charge in [0.15, 0.2) is 0 Å². The van der Waals surface area contributed by atoms with E-state index in [9.17, 15) is 4.79 Å². The average molecular weight is 258 g/mol. The number of aliphatic hydroxyl groups is 1. The zero-order chi connectivity index (χ0) is 13.4. The molecule has 0 aromatic rings. The molecule has 5 nitrogen and oxygen atoms in total. The van der Waals surface area contributed by atoms with Crippen LogP contribution >= 0.6 is 0 Å². The van der Waals surface area contributed by atoms with E-state index in [1.54, 1.807) is 0 Å². The fourth-order valence-corrected chi connectivity index (χ4v) is 2.12. The lowest BCUT2D eigenvalue weighted by atomic mass is 10.0. The molecule has 0 bridgehead atoms. The first-order chi connectivity index (χ1) is 8.63. The van der Waals surface area contributed by atoms with Crippen molar-refractivity contribution in [1.82, 2.24) is 10.6 Å². The standard InChI is InChI=1S/C13H26N2O3/c1-10(2)12(5-8-16)15-13(17)9-18-11-3-6-14-7-4-11/h10-12,14,16H,3-9H2,1-2H3,(H,15,17). The molecule has 0 aromatic heterocycles. The summed E-state index contributed by atoms with van der Waals surface area (Å²) in [6.07, 6.45) is 2.73. The Labute approximate surface area is 109 Å². The van der Waals surface area contributed by atoms with Crippen molar-refractivity contribution >= 4 is 5.91 Å². The normalized spacial score (nSPS) is 18.9. The van der Waals surface area contributed by atoms with Gasteiger partial charge in [0, 0.05) is 12.6 Å². The lowest BCUT2D eigenvalue weighted by Gasteiger charge is -2.24. The monoisotopic (exact) mass is 258 g/mol. The van der Waals surface area contributed by atoms with E-state index in [4.69, 9.17) is 9.84 Å². The molecule has 1 fully saturated rings. The number of amides is 1. The predicted octanol–water partition coefficient (Wildman–Crippen LogP) is 0.278. The third-order valence-corrected chi connectivity index (χ3v) is 3.33. The second-order valence-electron chi connectivity index (χ2n) is 5.19. The lowest BCUT2D eigenvalue weighted by Crippen LogP contribution is -2.42. The largest absolute Gasteiger partial charge is 0.396 e. The van der Waals surface area contributed by atoms with E-state index >= 15 is 0 Å². The number of aliphatic hydroxyl groups excluding tert-OH is 1. The minimum atomic E-state index is -0.0827. The van der Waals surface area contributed by atoms with Gasteiger partial charge in [-0.15, -0.1) is 0 Å². The molecule has 1 heterocycles. The SMILES string of the molecule is CC(C)C(CCO)NC(=O)COC1CCNCC1. The Morgan fingerprint density at radius 3 is 2.67 bits per heavy atom. The van der Waals surface area contributed by atoms with Crippen LogP contribution in [0.1, 0.15) is 33.1 Å². The van der Waals surface area contributed by atoms with Crippen molar-refractivity contribution in [1.29, 1.82) is 0 Å². The Morgan fingerprint density at radius 2 is 2.11 bits per heavy atom. The van der Waals surface area contributed by atoms with Gasteiger partial charge in [0.05, 0.1) is 6.10 Å². The maximum atomic E-state index is 11.7. The van der Waals surface area contributed by atoms with E-state index in [0.29, 0.717) is 12.3 Å². The fraction of sp³-hybridized carbons (Fsp3) is 0.923. The van der Waals surface area contributed by atoms with Gasteiger partial charge in [-0.2, -0.15) is 0 Å². The highest BCUT2D eigenvalue weighted by atomic mass is 16.5. The van der Waals surface area contributed by atoms with Crippen LogP contribution in [0.2, 0.25) is 0 Å². The van der Waals surface area contributed by atoms with Gasteiger partial charge in [0.25, 0.3) is 0 Å². The third kappa shape index (κ3) is 5.80. The Balaban J connectivity index is 2.22.